The molecule has 0 amide bonds. The highest BCUT2D eigenvalue weighted by atomic mass is 32.1. The Morgan fingerprint density at radius 1 is 1.32 bits per heavy atom. The molecule has 6 heteroatoms. The number of nitrogens with zero attached hydrogens (tertiary/aromatic N) is 2. The van der Waals surface area contributed by atoms with E-state index in [0.717, 1.165) is 36.8 Å². The molecule has 1 aliphatic carbocycles. The molecule has 0 radical (unpaired) electrons. The lowest BCUT2D eigenvalue weighted by atomic mass is 10.2. The fourth-order valence-corrected chi connectivity index (χ4v) is 3.56. The average molecular weight is 359 g/mol. The maximum Gasteiger partial charge on any atom is 0.218 e. The molecule has 0 bridgehead atoms. The van der Waals surface area contributed by atoms with Crippen LogP contribution in [0.5, 0.6) is 5.88 Å². The van der Waals surface area contributed by atoms with Gasteiger partial charge in [0.2, 0.25) is 5.88 Å². The van der Waals surface area contributed by atoms with Crippen LogP contribution in [-0.2, 0) is 13.1 Å². The first-order valence-corrected chi connectivity index (χ1v) is 9.93. The maximum absolute atomic E-state index is 6.11. The lowest BCUT2D eigenvalue weighted by Gasteiger charge is -2.16. The number of thiophene rings is 1. The third-order valence-corrected chi connectivity index (χ3v) is 4.95. The molecule has 2 aromatic heterocycles. The molecule has 0 aliphatic heterocycles. The van der Waals surface area contributed by atoms with Crippen molar-refractivity contribution in [2.45, 2.75) is 51.8 Å². The number of hydrogen-bond donors (Lipinski definition) is 2. The quantitative estimate of drug-likeness (QED) is 0.585. The van der Waals surface area contributed by atoms with Crippen LogP contribution in [0, 0.1) is 0 Å². The normalized spacial score (nSPS) is 15.3. The standard InChI is InChI=1S/C19H26N4OS/c1-2-20-19(22-12-15-9-11-25-14-15)23-13-16-6-5-10-21-18(16)24-17-7-3-4-8-17/h5-6,9-11,14,17H,2-4,7-8,12-13H2,1H3,(H2,20,22,23). The minimum Gasteiger partial charge on any atom is -0.474 e. The third kappa shape index (κ3) is 5.46. The van der Waals surface area contributed by atoms with Crippen molar-refractivity contribution in [2.75, 3.05) is 6.54 Å². The van der Waals surface area contributed by atoms with Crippen LogP contribution in [0.4, 0.5) is 0 Å². The van der Waals surface area contributed by atoms with Crippen molar-refractivity contribution in [2.24, 2.45) is 4.99 Å². The predicted octanol–water partition coefficient (Wildman–Crippen LogP) is 3.72. The monoisotopic (exact) mass is 358 g/mol. The van der Waals surface area contributed by atoms with Gasteiger partial charge in [-0.15, -0.1) is 0 Å². The van der Waals surface area contributed by atoms with Crippen molar-refractivity contribution < 1.29 is 4.74 Å². The fraction of sp³-hybridized carbons (Fsp3) is 0.474. The zero-order valence-electron chi connectivity index (χ0n) is 14.7. The molecule has 2 heterocycles. The molecule has 5 nitrogen and oxygen atoms in total. The third-order valence-electron chi connectivity index (χ3n) is 4.22. The highest BCUT2D eigenvalue weighted by Crippen LogP contribution is 2.24. The molecule has 1 fully saturated rings. The summed E-state index contributed by atoms with van der Waals surface area (Å²) in [5.41, 5.74) is 2.30. The Hall–Kier alpha value is -2.08. The lowest BCUT2D eigenvalue weighted by Crippen LogP contribution is -2.37. The second kappa shape index (κ2) is 9.42. The van der Waals surface area contributed by atoms with E-state index in [1.165, 1.54) is 18.4 Å². The second-order valence-corrected chi connectivity index (χ2v) is 6.95. The van der Waals surface area contributed by atoms with Crippen LogP contribution in [0.25, 0.3) is 0 Å². The first-order chi connectivity index (χ1) is 12.3. The van der Waals surface area contributed by atoms with Crippen molar-refractivity contribution in [3.63, 3.8) is 0 Å². The Balaban J connectivity index is 1.61. The van der Waals surface area contributed by atoms with Gasteiger partial charge in [0.05, 0.1) is 6.54 Å². The summed E-state index contributed by atoms with van der Waals surface area (Å²) < 4.78 is 6.11. The van der Waals surface area contributed by atoms with Crippen molar-refractivity contribution in [3.05, 3.63) is 46.3 Å². The van der Waals surface area contributed by atoms with E-state index in [0.29, 0.717) is 19.2 Å². The second-order valence-electron chi connectivity index (χ2n) is 6.17. The molecular formula is C19H26N4OS. The zero-order valence-corrected chi connectivity index (χ0v) is 15.5. The first-order valence-electron chi connectivity index (χ1n) is 8.99. The Labute approximate surface area is 153 Å². The average Bonchev–Trinajstić information content (AvgIpc) is 3.32. The SMILES string of the molecule is CCNC(=NCc1ccsc1)NCc1cccnc1OC1CCCC1. The van der Waals surface area contributed by atoms with Gasteiger partial charge in [0.25, 0.3) is 0 Å². The number of pyridine rings is 1. The summed E-state index contributed by atoms with van der Waals surface area (Å²) in [5, 5.41) is 10.9. The Morgan fingerprint density at radius 2 is 2.20 bits per heavy atom. The molecule has 1 saturated carbocycles. The van der Waals surface area contributed by atoms with Gasteiger partial charge in [-0.25, -0.2) is 9.98 Å². The highest BCUT2D eigenvalue weighted by Gasteiger charge is 2.18. The van der Waals surface area contributed by atoms with Crippen LogP contribution >= 0.6 is 11.3 Å². The molecule has 25 heavy (non-hydrogen) atoms. The van der Waals surface area contributed by atoms with Gasteiger partial charge in [-0.2, -0.15) is 11.3 Å². The van der Waals surface area contributed by atoms with Crippen molar-refractivity contribution in [1.29, 1.82) is 0 Å². The van der Waals surface area contributed by atoms with Gasteiger partial charge in [0, 0.05) is 24.8 Å². The van der Waals surface area contributed by atoms with Crippen LogP contribution < -0.4 is 15.4 Å². The molecule has 2 aromatic rings. The number of aliphatic imine (C=N–C) groups is 1. The molecule has 3 rings (SSSR count). The van der Waals surface area contributed by atoms with Crippen LogP contribution in [-0.4, -0.2) is 23.6 Å². The fourth-order valence-electron chi connectivity index (χ4n) is 2.90. The van der Waals surface area contributed by atoms with Gasteiger partial charge in [0.15, 0.2) is 5.96 Å². The largest absolute Gasteiger partial charge is 0.474 e. The van der Waals surface area contributed by atoms with Gasteiger partial charge in [-0.1, -0.05) is 6.07 Å². The van der Waals surface area contributed by atoms with Crippen molar-refractivity contribution in [1.82, 2.24) is 15.6 Å². The summed E-state index contributed by atoms with van der Waals surface area (Å²) in [7, 11) is 0. The van der Waals surface area contributed by atoms with Crippen LogP contribution in [0.1, 0.15) is 43.7 Å². The summed E-state index contributed by atoms with van der Waals surface area (Å²) in [6.45, 7) is 4.22. The Kier molecular flexibility index (Phi) is 6.68. The van der Waals surface area contributed by atoms with Gasteiger partial charge in [-0.3, -0.25) is 0 Å². The maximum atomic E-state index is 6.11. The molecule has 1 aliphatic rings. The van der Waals surface area contributed by atoms with E-state index in [2.05, 4.69) is 50.4 Å². The zero-order chi connectivity index (χ0) is 17.3. The smallest absolute Gasteiger partial charge is 0.218 e. The Bertz CT molecular complexity index is 666. The highest BCUT2D eigenvalue weighted by molar-refractivity contribution is 7.07. The number of hydrogen-bond acceptors (Lipinski definition) is 4. The predicted molar refractivity (Wildman–Crippen MR) is 103 cm³/mol. The van der Waals surface area contributed by atoms with Gasteiger partial charge in [-0.05, 0) is 61.1 Å². The molecule has 134 valence electrons. The molecule has 0 spiro atoms. The Morgan fingerprint density at radius 3 is 2.96 bits per heavy atom. The van der Waals surface area contributed by atoms with E-state index in [1.54, 1.807) is 17.5 Å². The summed E-state index contributed by atoms with van der Waals surface area (Å²) in [6, 6.07) is 6.12. The topological polar surface area (TPSA) is 58.5 Å². The van der Waals surface area contributed by atoms with Crippen LogP contribution in [0.15, 0.2) is 40.1 Å². The van der Waals surface area contributed by atoms with E-state index in [4.69, 9.17) is 4.74 Å². The van der Waals surface area contributed by atoms with Gasteiger partial charge in [0.1, 0.15) is 6.10 Å². The minimum absolute atomic E-state index is 0.314. The molecular weight excluding hydrogens is 332 g/mol. The van der Waals surface area contributed by atoms with E-state index >= 15 is 0 Å². The lowest BCUT2D eigenvalue weighted by molar-refractivity contribution is 0.199. The summed E-state index contributed by atoms with van der Waals surface area (Å²) >= 11 is 1.70. The number of rotatable bonds is 7. The van der Waals surface area contributed by atoms with E-state index < -0.39 is 0 Å². The van der Waals surface area contributed by atoms with E-state index in [9.17, 15) is 0 Å². The van der Waals surface area contributed by atoms with Crippen molar-refractivity contribution >= 4 is 17.3 Å². The van der Waals surface area contributed by atoms with Crippen LogP contribution in [0.3, 0.4) is 0 Å². The number of nitrogens with one attached hydrogen (secondary N) is 2. The van der Waals surface area contributed by atoms with Gasteiger partial charge >= 0.3 is 0 Å². The molecule has 0 unspecified atom stereocenters. The summed E-state index contributed by atoms with van der Waals surface area (Å²) in [6.07, 6.45) is 6.89. The molecule has 0 atom stereocenters. The first kappa shape index (κ1) is 17.7. The number of aromatic nitrogens is 1. The minimum atomic E-state index is 0.314. The molecule has 0 saturated heterocycles. The molecule has 0 aromatic carbocycles. The van der Waals surface area contributed by atoms with Gasteiger partial charge < -0.3 is 15.4 Å². The number of ether oxygens (including phenoxy) is 1. The van der Waals surface area contributed by atoms with E-state index in [1.807, 2.05) is 6.07 Å². The van der Waals surface area contributed by atoms with E-state index in [-0.39, 0.29) is 0 Å². The number of guanidine groups is 1. The molecule has 2 N–H and O–H groups in total. The van der Waals surface area contributed by atoms with Crippen LogP contribution in [0.2, 0.25) is 0 Å². The summed E-state index contributed by atoms with van der Waals surface area (Å²) in [5.74, 6) is 1.56. The summed E-state index contributed by atoms with van der Waals surface area (Å²) in [4.78, 5) is 9.08. The van der Waals surface area contributed by atoms with Crippen molar-refractivity contribution in [3.8, 4) is 5.88 Å².